The fraction of sp³-hybridized carbons (Fsp3) is 0.385. The van der Waals surface area contributed by atoms with Crippen molar-refractivity contribution in [1.29, 1.82) is 0 Å². The van der Waals surface area contributed by atoms with Gasteiger partial charge in [-0.05, 0) is 32.0 Å². The summed E-state index contributed by atoms with van der Waals surface area (Å²) in [5.74, 6) is -1.13. The molecule has 0 atom stereocenters. The third kappa shape index (κ3) is 4.87. The minimum Gasteiger partial charge on any atom is -0.478 e. The molecule has 0 spiro atoms. The first-order valence-electron chi connectivity index (χ1n) is 6.06. The van der Waals surface area contributed by atoms with Crippen LogP contribution in [-0.4, -0.2) is 29.6 Å². The van der Waals surface area contributed by atoms with Crippen LogP contribution in [0.1, 0.15) is 30.6 Å². The number of nitrogen functional groups attached to an aromatic ring is 1. The van der Waals surface area contributed by atoms with Gasteiger partial charge in [0.25, 0.3) is 0 Å². The maximum absolute atomic E-state index is 11.4. The highest BCUT2D eigenvalue weighted by Crippen LogP contribution is 2.18. The lowest BCUT2D eigenvalue weighted by Crippen LogP contribution is -2.31. The van der Waals surface area contributed by atoms with E-state index in [0.717, 1.165) is 0 Å². The number of nitrogens with one attached hydrogen (secondary N) is 2. The molecule has 1 aromatic carbocycles. The Kier molecular flexibility index (Phi) is 5.17. The number of anilines is 2. The molecule has 0 aliphatic rings. The molecule has 0 unspecified atom stereocenters. The number of nitrogens with two attached hydrogens (primary N) is 1. The Balaban J connectivity index is 2.58. The van der Waals surface area contributed by atoms with Gasteiger partial charge in [-0.2, -0.15) is 0 Å². The summed E-state index contributed by atoms with van der Waals surface area (Å²) >= 11 is 0. The van der Waals surface area contributed by atoms with Crippen LogP contribution in [0.5, 0.6) is 0 Å². The van der Waals surface area contributed by atoms with E-state index in [0.29, 0.717) is 17.9 Å². The molecule has 0 bridgehead atoms. The highest BCUT2D eigenvalue weighted by atomic mass is 16.4. The van der Waals surface area contributed by atoms with E-state index in [-0.39, 0.29) is 23.9 Å². The molecule has 6 heteroatoms. The summed E-state index contributed by atoms with van der Waals surface area (Å²) in [4.78, 5) is 22.5. The van der Waals surface area contributed by atoms with Gasteiger partial charge in [-0.1, -0.05) is 0 Å². The van der Waals surface area contributed by atoms with E-state index in [2.05, 4.69) is 10.6 Å². The molecule has 0 radical (unpaired) electrons. The van der Waals surface area contributed by atoms with Gasteiger partial charge in [-0.15, -0.1) is 0 Å². The number of carboxylic acids is 1. The Morgan fingerprint density at radius 1 is 1.37 bits per heavy atom. The van der Waals surface area contributed by atoms with Crippen LogP contribution in [0.15, 0.2) is 18.2 Å². The van der Waals surface area contributed by atoms with Crippen molar-refractivity contribution < 1.29 is 14.7 Å². The lowest BCUT2D eigenvalue weighted by Gasteiger charge is -2.11. The number of hydrogen-bond donors (Lipinski definition) is 4. The average molecular weight is 265 g/mol. The number of carbonyl (C=O) groups is 2. The molecule has 0 aliphatic heterocycles. The van der Waals surface area contributed by atoms with Gasteiger partial charge in [0.15, 0.2) is 0 Å². The van der Waals surface area contributed by atoms with E-state index >= 15 is 0 Å². The molecular formula is C13H19N3O3. The largest absolute Gasteiger partial charge is 0.478 e. The third-order valence-corrected chi connectivity index (χ3v) is 2.39. The molecule has 1 aromatic rings. The number of carboxylic acid groups (broad SMARTS) is 1. The van der Waals surface area contributed by atoms with Gasteiger partial charge in [0.1, 0.15) is 0 Å². The van der Waals surface area contributed by atoms with Crippen molar-refractivity contribution in [2.45, 2.75) is 26.3 Å². The summed E-state index contributed by atoms with van der Waals surface area (Å²) in [5, 5.41) is 14.7. The number of aromatic carboxylic acids is 1. The molecule has 5 N–H and O–H groups in total. The SMILES string of the molecule is CC(C)NC(=O)CCNc1ccc(N)cc1C(=O)O. The lowest BCUT2D eigenvalue weighted by molar-refractivity contribution is -0.121. The number of rotatable bonds is 6. The maximum Gasteiger partial charge on any atom is 0.337 e. The van der Waals surface area contributed by atoms with Crippen molar-refractivity contribution in [1.82, 2.24) is 5.32 Å². The monoisotopic (exact) mass is 265 g/mol. The first-order valence-corrected chi connectivity index (χ1v) is 6.06. The fourth-order valence-corrected chi connectivity index (χ4v) is 1.60. The van der Waals surface area contributed by atoms with Crippen molar-refractivity contribution in [3.63, 3.8) is 0 Å². The molecule has 104 valence electrons. The van der Waals surface area contributed by atoms with Crippen molar-refractivity contribution in [2.24, 2.45) is 0 Å². The molecule has 0 aromatic heterocycles. The van der Waals surface area contributed by atoms with Gasteiger partial charge in [0.2, 0.25) is 5.91 Å². The Morgan fingerprint density at radius 2 is 2.05 bits per heavy atom. The van der Waals surface area contributed by atoms with Gasteiger partial charge in [0.05, 0.1) is 5.56 Å². The zero-order valence-electron chi connectivity index (χ0n) is 11.1. The van der Waals surface area contributed by atoms with Crippen LogP contribution in [-0.2, 0) is 4.79 Å². The zero-order valence-corrected chi connectivity index (χ0v) is 11.1. The van der Waals surface area contributed by atoms with Crippen molar-refractivity contribution in [3.05, 3.63) is 23.8 Å². The zero-order chi connectivity index (χ0) is 14.4. The molecule has 19 heavy (non-hydrogen) atoms. The average Bonchev–Trinajstić information content (AvgIpc) is 2.29. The summed E-state index contributed by atoms with van der Waals surface area (Å²) in [5.41, 5.74) is 6.49. The minimum absolute atomic E-state index is 0.0742. The highest BCUT2D eigenvalue weighted by molar-refractivity contribution is 5.95. The van der Waals surface area contributed by atoms with E-state index in [1.807, 2.05) is 13.8 Å². The molecule has 1 rings (SSSR count). The number of amides is 1. The summed E-state index contributed by atoms with van der Waals surface area (Å²) in [6, 6.07) is 4.69. The van der Waals surface area contributed by atoms with Gasteiger partial charge in [-0.3, -0.25) is 4.79 Å². The number of benzene rings is 1. The Bertz CT molecular complexity index is 472. The van der Waals surface area contributed by atoms with Crippen LogP contribution in [0.2, 0.25) is 0 Å². The Morgan fingerprint density at radius 3 is 2.63 bits per heavy atom. The van der Waals surface area contributed by atoms with Gasteiger partial charge in [-0.25, -0.2) is 4.79 Å². The van der Waals surface area contributed by atoms with Gasteiger partial charge >= 0.3 is 5.97 Å². The van der Waals surface area contributed by atoms with E-state index < -0.39 is 5.97 Å². The van der Waals surface area contributed by atoms with E-state index in [1.165, 1.54) is 6.07 Å². The normalized spacial score (nSPS) is 10.3. The molecule has 6 nitrogen and oxygen atoms in total. The topological polar surface area (TPSA) is 104 Å². The van der Waals surface area contributed by atoms with E-state index in [9.17, 15) is 9.59 Å². The maximum atomic E-state index is 11.4. The molecule has 0 saturated carbocycles. The number of hydrogen-bond acceptors (Lipinski definition) is 4. The van der Waals surface area contributed by atoms with Crippen molar-refractivity contribution in [3.8, 4) is 0 Å². The van der Waals surface area contributed by atoms with Crippen LogP contribution in [0.3, 0.4) is 0 Å². The summed E-state index contributed by atoms with van der Waals surface area (Å²) in [6.07, 6.45) is 0.279. The standard InChI is InChI=1S/C13H19N3O3/c1-8(2)16-12(17)5-6-15-11-4-3-9(14)7-10(11)13(18)19/h3-4,7-8,15H,5-6,14H2,1-2H3,(H,16,17)(H,18,19). The molecule has 1 amide bonds. The quantitative estimate of drug-likeness (QED) is 0.580. The predicted octanol–water partition coefficient (Wildman–Crippen LogP) is 1.29. The summed E-state index contributed by atoms with van der Waals surface area (Å²) < 4.78 is 0. The first-order chi connectivity index (χ1) is 8.90. The Hall–Kier alpha value is -2.24. The van der Waals surface area contributed by atoms with Crippen molar-refractivity contribution in [2.75, 3.05) is 17.6 Å². The molecule has 0 aliphatic carbocycles. The lowest BCUT2D eigenvalue weighted by atomic mass is 10.1. The first kappa shape index (κ1) is 14.8. The smallest absolute Gasteiger partial charge is 0.337 e. The number of carbonyl (C=O) groups excluding carboxylic acids is 1. The highest BCUT2D eigenvalue weighted by Gasteiger charge is 2.10. The van der Waals surface area contributed by atoms with Crippen LogP contribution >= 0.6 is 0 Å². The second-order valence-corrected chi connectivity index (χ2v) is 4.51. The molecule has 0 saturated heterocycles. The fourth-order valence-electron chi connectivity index (χ4n) is 1.60. The van der Waals surface area contributed by atoms with E-state index in [1.54, 1.807) is 12.1 Å². The van der Waals surface area contributed by atoms with Gasteiger partial charge in [0, 0.05) is 30.4 Å². The summed E-state index contributed by atoms with van der Waals surface area (Å²) in [6.45, 7) is 4.13. The van der Waals surface area contributed by atoms with Crippen molar-refractivity contribution >= 4 is 23.3 Å². The minimum atomic E-state index is -1.05. The molecule has 0 fully saturated rings. The molecular weight excluding hydrogens is 246 g/mol. The van der Waals surface area contributed by atoms with Crippen LogP contribution in [0.4, 0.5) is 11.4 Å². The van der Waals surface area contributed by atoms with Crippen LogP contribution < -0.4 is 16.4 Å². The third-order valence-electron chi connectivity index (χ3n) is 2.39. The molecule has 0 heterocycles. The second kappa shape index (κ2) is 6.63. The van der Waals surface area contributed by atoms with E-state index in [4.69, 9.17) is 10.8 Å². The summed E-state index contributed by atoms with van der Waals surface area (Å²) in [7, 11) is 0. The van der Waals surface area contributed by atoms with Crippen LogP contribution in [0.25, 0.3) is 0 Å². The second-order valence-electron chi connectivity index (χ2n) is 4.51. The van der Waals surface area contributed by atoms with Gasteiger partial charge < -0.3 is 21.5 Å². The predicted molar refractivity (Wildman–Crippen MR) is 74.2 cm³/mol. The Labute approximate surface area is 112 Å². The van der Waals surface area contributed by atoms with Crippen LogP contribution in [0, 0.1) is 0 Å².